The summed E-state index contributed by atoms with van der Waals surface area (Å²) in [5, 5.41) is 7.09. The topological polar surface area (TPSA) is 93.0 Å². The van der Waals surface area contributed by atoms with Gasteiger partial charge in [0.25, 0.3) is 0 Å². The number of hydrogen-bond acceptors (Lipinski definition) is 5. The van der Waals surface area contributed by atoms with Gasteiger partial charge < -0.3 is 5.32 Å². The summed E-state index contributed by atoms with van der Waals surface area (Å²) in [5.41, 5.74) is 2.57. The summed E-state index contributed by atoms with van der Waals surface area (Å²) < 4.78 is 1.85. The molecule has 0 aliphatic carbocycles. The third kappa shape index (κ3) is 4.31. The summed E-state index contributed by atoms with van der Waals surface area (Å²) in [6.07, 6.45) is 4.22. The van der Waals surface area contributed by atoms with Gasteiger partial charge >= 0.3 is 0 Å². The van der Waals surface area contributed by atoms with Crippen LogP contribution in [-0.4, -0.2) is 38.1 Å². The number of carbonyl (C=O) groups excluding carboxylic acids is 2. The van der Waals surface area contributed by atoms with E-state index in [1.54, 1.807) is 11.1 Å². The van der Waals surface area contributed by atoms with E-state index >= 15 is 0 Å². The van der Waals surface area contributed by atoms with Crippen molar-refractivity contribution in [3.63, 3.8) is 0 Å². The second-order valence-corrected chi connectivity index (χ2v) is 6.97. The number of nitrogens with zero attached hydrogens (tertiary/aromatic N) is 5. The van der Waals surface area contributed by atoms with Crippen LogP contribution >= 0.6 is 0 Å². The van der Waals surface area contributed by atoms with E-state index in [4.69, 9.17) is 0 Å². The highest BCUT2D eigenvalue weighted by Crippen LogP contribution is 2.22. The highest BCUT2D eigenvalue weighted by Gasteiger charge is 2.24. The zero-order valence-corrected chi connectivity index (χ0v) is 16.2. The van der Waals surface area contributed by atoms with E-state index in [2.05, 4.69) is 20.4 Å². The molecule has 2 amide bonds. The number of aryl methyl sites for hydroxylation is 2. The van der Waals surface area contributed by atoms with Crippen LogP contribution in [0.1, 0.15) is 25.0 Å². The fourth-order valence-electron chi connectivity index (χ4n) is 3.37. The van der Waals surface area contributed by atoms with Gasteiger partial charge in [-0.15, -0.1) is 0 Å². The van der Waals surface area contributed by atoms with Gasteiger partial charge in [-0.25, -0.2) is 9.67 Å². The minimum absolute atomic E-state index is 0.0773. The number of hydrogen-bond donors (Lipinski definition) is 1. The summed E-state index contributed by atoms with van der Waals surface area (Å²) >= 11 is 0. The van der Waals surface area contributed by atoms with Crippen molar-refractivity contribution in [2.45, 2.75) is 32.7 Å². The molecule has 0 spiro atoms. The average Bonchev–Trinajstić information content (AvgIpc) is 3.13. The molecule has 2 aromatic heterocycles. The summed E-state index contributed by atoms with van der Waals surface area (Å²) in [6.45, 7) is 3.37. The molecule has 8 nitrogen and oxygen atoms in total. The first-order chi connectivity index (χ1) is 14.1. The molecule has 3 heterocycles. The standard InChI is InChI=1S/C21H22N6O2/c1-15-12-20-26(10-5-11-27(20)25-15)21(29)9-8-19(28)24-18-14-22-17(13-23-18)16-6-3-2-4-7-16/h2-4,6-7,12-14H,5,8-11H2,1H3,(H,23,24,28). The van der Waals surface area contributed by atoms with Crippen LogP contribution in [0.5, 0.6) is 0 Å². The van der Waals surface area contributed by atoms with Crippen molar-refractivity contribution in [3.05, 3.63) is 54.5 Å². The Labute approximate surface area is 168 Å². The van der Waals surface area contributed by atoms with Crippen LogP contribution in [0.4, 0.5) is 11.6 Å². The summed E-state index contributed by atoms with van der Waals surface area (Å²) in [5.74, 6) is 0.837. The molecule has 1 aliphatic heterocycles. The van der Waals surface area contributed by atoms with Gasteiger partial charge in [0.15, 0.2) is 5.82 Å². The van der Waals surface area contributed by atoms with Crippen molar-refractivity contribution in [2.75, 3.05) is 16.8 Å². The molecular weight excluding hydrogens is 368 g/mol. The van der Waals surface area contributed by atoms with Gasteiger partial charge in [-0.3, -0.25) is 19.5 Å². The molecule has 0 atom stereocenters. The predicted octanol–water partition coefficient (Wildman–Crippen LogP) is 2.80. The normalized spacial score (nSPS) is 13.1. The van der Waals surface area contributed by atoms with E-state index in [-0.39, 0.29) is 24.7 Å². The van der Waals surface area contributed by atoms with Crippen LogP contribution in [0, 0.1) is 6.92 Å². The fraction of sp³-hybridized carbons (Fsp3) is 0.286. The number of carbonyl (C=O) groups is 2. The molecule has 3 aromatic rings. The molecule has 29 heavy (non-hydrogen) atoms. The van der Waals surface area contributed by atoms with Crippen LogP contribution in [0.25, 0.3) is 11.3 Å². The third-order valence-electron chi connectivity index (χ3n) is 4.76. The Hall–Kier alpha value is -3.55. The number of nitrogens with one attached hydrogen (secondary N) is 1. The van der Waals surface area contributed by atoms with Gasteiger partial charge in [0, 0.05) is 37.6 Å². The van der Waals surface area contributed by atoms with Crippen molar-refractivity contribution in [2.24, 2.45) is 0 Å². The first-order valence-electron chi connectivity index (χ1n) is 9.62. The van der Waals surface area contributed by atoms with Crippen LogP contribution in [0.2, 0.25) is 0 Å². The van der Waals surface area contributed by atoms with Crippen LogP contribution in [0.3, 0.4) is 0 Å². The van der Waals surface area contributed by atoms with E-state index in [0.717, 1.165) is 35.7 Å². The maximum Gasteiger partial charge on any atom is 0.228 e. The molecule has 0 fully saturated rings. The summed E-state index contributed by atoms with van der Waals surface area (Å²) in [7, 11) is 0. The Bertz CT molecular complexity index is 1010. The van der Waals surface area contributed by atoms with Crippen molar-refractivity contribution in [3.8, 4) is 11.3 Å². The molecule has 148 valence electrons. The lowest BCUT2D eigenvalue weighted by Crippen LogP contribution is -2.37. The van der Waals surface area contributed by atoms with Crippen LogP contribution < -0.4 is 10.2 Å². The smallest absolute Gasteiger partial charge is 0.228 e. The third-order valence-corrected chi connectivity index (χ3v) is 4.76. The number of benzene rings is 1. The number of amides is 2. The minimum Gasteiger partial charge on any atom is -0.309 e. The maximum absolute atomic E-state index is 12.6. The second kappa shape index (κ2) is 8.22. The van der Waals surface area contributed by atoms with E-state index in [1.165, 1.54) is 6.20 Å². The number of rotatable bonds is 5. The highest BCUT2D eigenvalue weighted by molar-refractivity contribution is 5.97. The zero-order chi connectivity index (χ0) is 20.2. The summed E-state index contributed by atoms with van der Waals surface area (Å²) in [4.78, 5) is 35.1. The van der Waals surface area contributed by atoms with Crippen molar-refractivity contribution in [1.82, 2.24) is 19.7 Å². The van der Waals surface area contributed by atoms with Crippen molar-refractivity contribution in [1.29, 1.82) is 0 Å². The molecule has 1 aromatic carbocycles. The van der Waals surface area contributed by atoms with Gasteiger partial charge in [-0.2, -0.15) is 5.10 Å². The van der Waals surface area contributed by atoms with Crippen molar-refractivity contribution >= 4 is 23.5 Å². The number of anilines is 2. The zero-order valence-electron chi connectivity index (χ0n) is 16.2. The quantitative estimate of drug-likeness (QED) is 0.723. The van der Waals surface area contributed by atoms with Gasteiger partial charge in [0.05, 0.1) is 23.8 Å². The second-order valence-electron chi connectivity index (χ2n) is 6.97. The van der Waals surface area contributed by atoms with Crippen LogP contribution in [-0.2, 0) is 16.1 Å². The Morgan fingerprint density at radius 3 is 2.66 bits per heavy atom. The Morgan fingerprint density at radius 2 is 1.90 bits per heavy atom. The van der Waals surface area contributed by atoms with E-state index < -0.39 is 0 Å². The predicted molar refractivity (Wildman–Crippen MR) is 109 cm³/mol. The molecule has 0 radical (unpaired) electrons. The lowest BCUT2D eigenvalue weighted by Gasteiger charge is -2.27. The SMILES string of the molecule is Cc1cc2n(n1)CCCN2C(=O)CCC(=O)Nc1cnc(-c2ccccc2)cn1. The van der Waals surface area contributed by atoms with E-state index in [0.29, 0.717) is 12.4 Å². The highest BCUT2D eigenvalue weighted by atomic mass is 16.2. The lowest BCUT2D eigenvalue weighted by atomic mass is 10.2. The lowest BCUT2D eigenvalue weighted by molar-refractivity contribution is -0.122. The first-order valence-corrected chi connectivity index (χ1v) is 9.62. The van der Waals surface area contributed by atoms with E-state index in [1.807, 2.05) is 48.0 Å². The van der Waals surface area contributed by atoms with Gasteiger partial charge in [0.2, 0.25) is 11.8 Å². The Kier molecular flexibility index (Phi) is 5.33. The van der Waals surface area contributed by atoms with Gasteiger partial charge in [-0.1, -0.05) is 30.3 Å². The number of fused-ring (bicyclic) bond motifs is 1. The van der Waals surface area contributed by atoms with Gasteiger partial charge in [0.1, 0.15) is 5.82 Å². The molecule has 1 aliphatic rings. The Morgan fingerprint density at radius 1 is 1.07 bits per heavy atom. The molecule has 1 N–H and O–H groups in total. The molecule has 0 saturated heterocycles. The fourth-order valence-corrected chi connectivity index (χ4v) is 3.37. The molecule has 0 saturated carbocycles. The molecule has 0 unspecified atom stereocenters. The monoisotopic (exact) mass is 390 g/mol. The maximum atomic E-state index is 12.6. The average molecular weight is 390 g/mol. The molecule has 4 rings (SSSR count). The molecular formula is C21H22N6O2. The first kappa shape index (κ1) is 18.8. The van der Waals surface area contributed by atoms with E-state index in [9.17, 15) is 9.59 Å². The van der Waals surface area contributed by atoms with Crippen LogP contribution in [0.15, 0.2) is 48.8 Å². The Balaban J connectivity index is 1.32. The molecule has 0 bridgehead atoms. The molecule has 8 heteroatoms. The van der Waals surface area contributed by atoms with Gasteiger partial charge in [-0.05, 0) is 13.3 Å². The largest absolute Gasteiger partial charge is 0.309 e. The van der Waals surface area contributed by atoms with Crippen molar-refractivity contribution < 1.29 is 9.59 Å². The summed E-state index contributed by atoms with van der Waals surface area (Å²) in [6, 6.07) is 11.6. The number of aromatic nitrogens is 4. The minimum atomic E-state index is -0.262.